The molecule has 6 nitrogen and oxygen atoms in total. The van der Waals surface area contributed by atoms with Crippen LogP contribution < -0.4 is 21.3 Å². The first-order valence-electron chi connectivity index (χ1n) is 12.9. The maximum absolute atomic E-state index is 13.8. The van der Waals surface area contributed by atoms with Crippen LogP contribution >= 0.6 is 0 Å². The van der Waals surface area contributed by atoms with Gasteiger partial charge >= 0.3 is 0 Å². The van der Waals surface area contributed by atoms with Crippen LogP contribution in [-0.4, -0.2) is 37.0 Å². The van der Waals surface area contributed by atoms with Crippen molar-refractivity contribution in [3.05, 3.63) is 108 Å². The van der Waals surface area contributed by atoms with Gasteiger partial charge in [0.1, 0.15) is 5.66 Å². The molecule has 2 aliphatic heterocycles. The SMILES string of the molecule is O=C(NC(NC(=O)C1CCCN1)(c1ccccc1)C(c1ccccc1)c1ccccc1)C1CCCN1. The summed E-state index contributed by atoms with van der Waals surface area (Å²) < 4.78 is 0. The lowest BCUT2D eigenvalue weighted by atomic mass is 9.76. The number of benzene rings is 3. The maximum atomic E-state index is 13.8. The van der Waals surface area contributed by atoms with E-state index in [9.17, 15) is 9.59 Å². The standard InChI is InChI=1S/C30H34N4O2/c35-28(25-18-10-20-31-25)33-30(24-16-8-3-9-17-24,34-29(36)26-19-11-21-32-26)27(22-12-4-1-5-13-22)23-14-6-2-7-15-23/h1-9,12-17,25-27,31-32H,10-11,18-21H2,(H,33,35)(H,34,36). The molecule has 0 bridgehead atoms. The smallest absolute Gasteiger partial charge is 0.239 e. The minimum absolute atomic E-state index is 0.104. The predicted molar refractivity (Wildman–Crippen MR) is 141 cm³/mol. The first-order chi connectivity index (χ1) is 17.7. The number of carbonyl (C=O) groups is 2. The van der Waals surface area contributed by atoms with E-state index in [1.165, 1.54) is 0 Å². The quantitative estimate of drug-likeness (QED) is 0.371. The highest BCUT2D eigenvalue weighted by Crippen LogP contribution is 2.41. The second kappa shape index (κ2) is 11.1. The Morgan fingerprint density at radius 2 is 1.08 bits per heavy atom. The fourth-order valence-electron chi connectivity index (χ4n) is 5.55. The molecule has 0 aliphatic carbocycles. The van der Waals surface area contributed by atoms with E-state index in [4.69, 9.17) is 0 Å². The molecule has 2 aliphatic rings. The van der Waals surface area contributed by atoms with Crippen LogP contribution in [-0.2, 0) is 15.3 Å². The van der Waals surface area contributed by atoms with E-state index in [1.807, 2.05) is 66.7 Å². The zero-order chi connectivity index (χ0) is 24.8. The predicted octanol–water partition coefficient (Wildman–Crippen LogP) is 3.41. The molecule has 5 rings (SSSR count). The van der Waals surface area contributed by atoms with Crippen LogP contribution in [0, 0.1) is 0 Å². The minimum Gasteiger partial charge on any atom is -0.327 e. The molecule has 2 heterocycles. The lowest BCUT2D eigenvalue weighted by Crippen LogP contribution is -2.65. The van der Waals surface area contributed by atoms with Crippen LogP contribution in [0.2, 0.25) is 0 Å². The van der Waals surface area contributed by atoms with Crippen molar-refractivity contribution in [3.8, 4) is 0 Å². The third kappa shape index (κ3) is 5.06. The van der Waals surface area contributed by atoms with Crippen molar-refractivity contribution in [2.45, 2.75) is 49.3 Å². The van der Waals surface area contributed by atoms with Crippen molar-refractivity contribution in [1.82, 2.24) is 21.3 Å². The minimum atomic E-state index is -1.20. The Morgan fingerprint density at radius 3 is 1.47 bits per heavy atom. The van der Waals surface area contributed by atoms with Crippen LogP contribution in [0.3, 0.4) is 0 Å². The van der Waals surface area contributed by atoms with Crippen molar-refractivity contribution in [2.75, 3.05) is 13.1 Å². The number of hydrogen-bond acceptors (Lipinski definition) is 4. The van der Waals surface area contributed by atoms with Crippen LogP contribution in [0.1, 0.15) is 48.3 Å². The number of amides is 2. The summed E-state index contributed by atoms with van der Waals surface area (Å²) in [4.78, 5) is 27.5. The van der Waals surface area contributed by atoms with Crippen LogP contribution in [0.25, 0.3) is 0 Å². The van der Waals surface area contributed by atoms with E-state index < -0.39 is 5.66 Å². The molecule has 0 aromatic heterocycles. The Balaban J connectivity index is 1.69. The molecule has 4 N–H and O–H groups in total. The highest BCUT2D eigenvalue weighted by atomic mass is 16.2. The molecule has 2 atom stereocenters. The van der Waals surface area contributed by atoms with Crippen molar-refractivity contribution >= 4 is 11.8 Å². The molecule has 6 heteroatoms. The van der Waals surface area contributed by atoms with Gasteiger partial charge in [0.15, 0.2) is 0 Å². The van der Waals surface area contributed by atoms with Crippen molar-refractivity contribution in [2.24, 2.45) is 0 Å². The zero-order valence-electron chi connectivity index (χ0n) is 20.5. The second-order valence-corrected chi connectivity index (χ2v) is 9.70. The average Bonchev–Trinajstić information content (AvgIpc) is 3.66. The van der Waals surface area contributed by atoms with Crippen molar-refractivity contribution in [1.29, 1.82) is 0 Å². The van der Waals surface area contributed by atoms with Gasteiger partial charge in [0, 0.05) is 0 Å². The number of rotatable bonds is 8. The Bertz CT molecular complexity index is 1070. The Morgan fingerprint density at radius 1 is 0.667 bits per heavy atom. The molecule has 0 spiro atoms. The van der Waals surface area contributed by atoms with Crippen molar-refractivity contribution in [3.63, 3.8) is 0 Å². The van der Waals surface area contributed by atoms with Gasteiger partial charge in [-0.1, -0.05) is 91.0 Å². The molecule has 2 unspecified atom stereocenters. The summed E-state index contributed by atoms with van der Waals surface area (Å²) in [6.45, 7) is 1.63. The van der Waals surface area contributed by atoms with Gasteiger partial charge in [-0.3, -0.25) is 9.59 Å². The molecule has 0 radical (unpaired) electrons. The monoisotopic (exact) mass is 482 g/mol. The van der Waals surface area contributed by atoms with Gasteiger partial charge in [-0.25, -0.2) is 0 Å². The first-order valence-corrected chi connectivity index (χ1v) is 12.9. The largest absolute Gasteiger partial charge is 0.327 e. The van der Waals surface area contributed by atoms with E-state index in [0.717, 1.165) is 55.5 Å². The number of nitrogens with one attached hydrogen (secondary N) is 4. The van der Waals surface area contributed by atoms with E-state index in [1.54, 1.807) is 0 Å². The summed E-state index contributed by atoms with van der Waals surface area (Å²) in [5, 5.41) is 13.4. The topological polar surface area (TPSA) is 82.3 Å². The van der Waals surface area contributed by atoms with E-state index in [2.05, 4.69) is 45.5 Å². The average molecular weight is 483 g/mol. The Hall–Kier alpha value is -3.48. The summed E-state index contributed by atoms with van der Waals surface area (Å²) in [6, 6.07) is 29.5. The van der Waals surface area contributed by atoms with Crippen LogP contribution in [0.5, 0.6) is 0 Å². The fourth-order valence-corrected chi connectivity index (χ4v) is 5.55. The van der Waals surface area contributed by atoms with Gasteiger partial charge in [0.25, 0.3) is 0 Å². The summed E-state index contributed by atoms with van der Waals surface area (Å²) >= 11 is 0. The molecule has 2 amide bonds. The maximum Gasteiger partial charge on any atom is 0.239 e. The van der Waals surface area contributed by atoms with Gasteiger partial charge in [0.2, 0.25) is 11.8 Å². The van der Waals surface area contributed by atoms with E-state index in [0.29, 0.717) is 0 Å². The van der Waals surface area contributed by atoms with Gasteiger partial charge < -0.3 is 21.3 Å². The molecule has 186 valence electrons. The molecule has 2 saturated heterocycles. The Labute approximate surface area is 212 Å². The molecular formula is C30H34N4O2. The highest BCUT2D eigenvalue weighted by molar-refractivity contribution is 5.87. The first kappa shape index (κ1) is 24.2. The van der Waals surface area contributed by atoms with E-state index in [-0.39, 0.29) is 29.8 Å². The van der Waals surface area contributed by atoms with Gasteiger partial charge in [-0.2, -0.15) is 0 Å². The van der Waals surface area contributed by atoms with Crippen molar-refractivity contribution < 1.29 is 9.59 Å². The van der Waals surface area contributed by atoms with Crippen LogP contribution in [0.4, 0.5) is 0 Å². The molecule has 2 fully saturated rings. The summed E-state index contributed by atoms with van der Waals surface area (Å²) in [7, 11) is 0. The molecule has 3 aromatic carbocycles. The Kier molecular flexibility index (Phi) is 7.44. The molecule has 36 heavy (non-hydrogen) atoms. The third-order valence-corrected chi connectivity index (χ3v) is 7.32. The van der Waals surface area contributed by atoms with Gasteiger partial charge in [-0.05, 0) is 55.5 Å². The molecule has 3 aromatic rings. The normalized spacial score (nSPS) is 21.1. The summed E-state index contributed by atoms with van der Waals surface area (Å²) in [5.41, 5.74) is 1.64. The summed E-state index contributed by atoms with van der Waals surface area (Å²) in [6.07, 6.45) is 3.46. The van der Waals surface area contributed by atoms with Gasteiger partial charge in [0.05, 0.1) is 18.0 Å². The van der Waals surface area contributed by atoms with E-state index >= 15 is 0 Å². The van der Waals surface area contributed by atoms with Crippen LogP contribution in [0.15, 0.2) is 91.0 Å². The second-order valence-electron chi connectivity index (χ2n) is 9.70. The van der Waals surface area contributed by atoms with Gasteiger partial charge in [-0.15, -0.1) is 0 Å². The lowest BCUT2D eigenvalue weighted by molar-refractivity contribution is -0.129. The lowest BCUT2D eigenvalue weighted by Gasteiger charge is -2.44. The number of carbonyl (C=O) groups excluding carboxylic acids is 2. The molecule has 0 saturated carbocycles. The third-order valence-electron chi connectivity index (χ3n) is 7.32. The highest BCUT2D eigenvalue weighted by Gasteiger charge is 2.47. The fraction of sp³-hybridized carbons (Fsp3) is 0.333. The zero-order valence-corrected chi connectivity index (χ0v) is 20.5. The molecular weight excluding hydrogens is 448 g/mol. The number of hydrogen-bond donors (Lipinski definition) is 4. The summed E-state index contributed by atoms with van der Waals surface area (Å²) in [5.74, 6) is -0.571.